The number of hydrogen-bond donors (Lipinski definition) is 6. The zero-order valence-electron chi connectivity index (χ0n) is 36.0. The van der Waals surface area contributed by atoms with Crippen LogP contribution >= 0.6 is 34.8 Å². The van der Waals surface area contributed by atoms with Gasteiger partial charge in [-0.1, -0.05) is 46.9 Å². The number of hydrogen-bond acceptors (Lipinski definition) is 12. The molecule has 10 rings (SSSR count). The molecule has 0 bridgehead atoms. The van der Waals surface area contributed by atoms with Gasteiger partial charge in [-0.05, 0) is 122 Å². The number of anilines is 3. The van der Waals surface area contributed by atoms with Crippen LogP contribution < -0.4 is 22.5 Å². The predicted octanol–water partition coefficient (Wildman–Crippen LogP) is 10.1. The van der Waals surface area contributed by atoms with E-state index in [9.17, 15) is 0 Å². The third kappa shape index (κ3) is 10.5. The maximum atomic E-state index is 6.10. The largest absolute Gasteiger partial charge is 0.384 e. The molecule has 0 atom stereocenters. The number of aryl methyl sites for hydroxylation is 4. The molecule has 0 amide bonds. The van der Waals surface area contributed by atoms with Crippen molar-refractivity contribution in [1.82, 2.24) is 49.8 Å². The Morgan fingerprint density at radius 2 is 1.08 bits per heavy atom. The van der Waals surface area contributed by atoms with E-state index in [-0.39, 0.29) is 0 Å². The molecular weight excluding hydrogens is 879 g/mol. The standard InChI is InChI=1S/C24H22ClN7.C16H10Cl2N4.C8H13N3/c1-13-7-21(26)30-14(2)18(13)12-29-24-23-20(5-6-27-24)31-22(32-23)9-15-3-4-19-16(8-15)10-17(25)11-28-19;17-11-7-10-5-9(1-2-12(10)20-8-11)6-14-21-13-3-4-19-16(18)15(13)22-14;1-5-3-8(10)11-6(2)7(5)4-9/h3-8,10-11H,9,12H2,1-2H3,(H2,26,30)(H,27,29)(H,31,32);1-5,7-8H,6H2,(H,21,22);3H,4,9H2,1-2H3,(H2,10,11). The van der Waals surface area contributed by atoms with E-state index >= 15 is 0 Å². The highest BCUT2D eigenvalue weighted by molar-refractivity contribution is 6.33. The fraction of sp³-hybridized carbons (Fsp3) is 0.167. The Balaban J connectivity index is 0.000000150. The minimum Gasteiger partial charge on any atom is -0.384 e. The summed E-state index contributed by atoms with van der Waals surface area (Å²) in [6, 6.07) is 23.6. The van der Waals surface area contributed by atoms with Crippen LogP contribution in [0.15, 0.2) is 97.6 Å². The van der Waals surface area contributed by atoms with Crippen LogP contribution in [0.4, 0.5) is 17.5 Å². The van der Waals surface area contributed by atoms with Gasteiger partial charge in [0.05, 0.1) is 32.1 Å². The van der Waals surface area contributed by atoms with E-state index in [1.54, 1.807) is 24.8 Å². The van der Waals surface area contributed by atoms with E-state index in [0.717, 1.165) is 101 Å². The summed E-state index contributed by atoms with van der Waals surface area (Å²) >= 11 is 18.1. The molecule has 0 aliphatic rings. The molecule has 10 aromatic rings. The zero-order valence-corrected chi connectivity index (χ0v) is 38.3. The fourth-order valence-electron chi connectivity index (χ4n) is 7.68. The summed E-state index contributed by atoms with van der Waals surface area (Å²) in [7, 11) is 0. The molecule has 9 N–H and O–H groups in total. The topological polar surface area (TPSA) is 225 Å². The van der Waals surface area contributed by atoms with Crippen molar-refractivity contribution in [1.29, 1.82) is 0 Å². The molecule has 2 aromatic carbocycles. The van der Waals surface area contributed by atoms with Crippen LogP contribution in [0.5, 0.6) is 0 Å². The van der Waals surface area contributed by atoms with Crippen molar-refractivity contribution in [2.75, 3.05) is 16.8 Å². The zero-order chi connectivity index (χ0) is 45.8. The van der Waals surface area contributed by atoms with Crippen molar-refractivity contribution < 1.29 is 0 Å². The van der Waals surface area contributed by atoms with Crippen LogP contribution in [-0.2, 0) is 25.9 Å². The number of aromatic amines is 2. The first-order valence-electron chi connectivity index (χ1n) is 20.6. The number of pyridine rings is 6. The molecule has 0 spiro atoms. The van der Waals surface area contributed by atoms with Gasteiger partial charge in [0, 0.05) is 72.9 Å². The molecular formula is C48H45Cl3N14. The molecule has 0 saturated heterocycles. The molecule has 0 radical (unpaired) electrons. The monoisotopic (exact) mass is 922 g/mol. The van der Waals surface area contributed by atoms with Crippen LogP contribution in [0.25, 0.3) is 43.9 Å². The molecule has 65 heavy (non-hydrogen) atoms. The van der Waals surface area contributed by atoms with Crippen LogP contribution in [0.2, 0.25) is 15.2 Å². The number of imidazole rings is 2. The Morgan fingerprint density at radius 3 is 1.60 bits per heavy atom. The average Bonchev–Trinajstić information content (AvgIpc) is 3.88. The first-order chi connectivity index (χ1) is 31.3. The lowest BCUT2D eigenvalue weighted by Crippen LogP contribution is -2.07. The predicted molar refractivity (Wildman–Crippen MR) is 263 cm³/mol. The van der Waals surface area contributed by atoms with Gasteiger partial charge in [0.15, 0.2) is 11.0 Å². The first kappa shape index (κ1) is 44.6. The van der Waals surface area contributed by atoms with Crippen molar-refractivity contribution >= 4 is 96.1 Å². The lowest BCUT2D eigenvalue weighted by molar-refractivity contribution is 0.990. The van der Waals surface area contributed by atoms with Crippen LogP contribution in [0.3, 0.4) is 0 Å². The number of nitrogens with two attached hydrogens (primary N) is 3. The number of aromatic nitrogens is 10. The average molecular weight is 924 g/mol. The van der Waals surface area contributed by atoms with E-state index in [4.69, 9.17) is 57.0 Å². The molecule has 0 fully saturated rings. The normalized spacial score (nSPS) is 11.1. The summed E-state index contributed by atoms with van der Waals surface area (Å²) in [4.78, 5) is 41.7. The van der Waals surface area contributed by atoms with Gasteiger partial charge in [0.1, 0.15) is 34.3 Å². The molecule has 8 heterocycles. The summed E-state index contributed by atoms with van der Waals surface area (Å²) < 4.78 is 0. The van der Waals surface area contributed by atoms with Crippen molar-refractivity contribution in [2.24, 2.45) is 5.73 Å². The Labute approximate surface area is 389 Å². The number of nitrogens with one attached hydrogen (secondary N) is 3. The van der Waals surface area contributed by atoms with Gasteiger partial charge in [-0.15, -0.1) is 0 Å². The van der Waals surface area contributed by atoms with E-state index in [0.29, 0.717) is 58.3 Å². The van der Waals surface area contributed by atoms with Gasteiger partial charge in [0.2, 0.25) is 0 Å². The lowest BCUT2D eigenvalue weighted by Gasteiger charge is -2.12. The number of nitrogens with zero attached hydrogens (tertiary/aromatic N) is 8. The van der Waals surface area contributed by atoms with Crippen molar-refractivity contribution in [3.63, 3.8) is 0 Å². The van der Waals surface area contributed by atoms with Crippen molar-refractivity contribution in [2.45, 2.75) is 53.6 Å². The van der Waals surface area contributed by atoms with Crippen molar-refractivity contribution in [3.8, 4) is 0 Å². The highest BCUT2D eigenvalue weighted by Crippen LogP contribution is 2.26. The number of benzene rings is 2. The summed E-state index contributed by atoms with van der Waals surface area (Å²) in [5, 5.41) is 7.11. The minimum absolute atomic E-state index is 0.412. The van der Waals surface area contributed by atoms with Gasteiger partial charge >= 0.3 is 0 Å². The quantitative estimate of drug-likeness (QED) is 0.0783. The number of fused-ring (bicyclic) bond motifs is 4. The third-order valence-electron chi connectivity index (χ3n) is 10.8. The second-order valence-corrected chi connectivity index (χ2v) is 16.8. The Hall–Kier alpha value is -6.97. The molecule has 0 aliphatic carbocycles. The lowest BCUT2D eigenvalue weighted by atomic mass is 10.1. The summed E-state index contributed by atoms with van der Waals surface area (Å²) in [5.74, 6) is 3.55. The summed E-state index contributed by atoms with van der Waals surface area (Å²) in [6.45, 7) is 9.05. The van der Waals surface area contributed by atoms with Gasteiger partial charge in [0.25, 0.3) is 0 Å². The maximum Gasteiger partial charge on any atom is 0.156 e. The molecule has 0 saturated carbocycles. The fourth-order valence-corrected chi connectivity index (χ4v) is 8.21. The van der Waals surface area contributed by atoms with E-state index in [2.05, 4.69) is 68.4 Å². The second kappa shape index (κ2) is 19.4. The molecule has 0 aliphatic heterocycles. The Kier molecular flexibility index (Phi) is 13.3. The maximum absolute atomic E-state index is 6.10. The number of nitrogen functional groups attached to an aromatic ring is 2. The molecule has 0 unspecified atom stereocenters. The summed E-state index contributed by atoms with van der Waals surface area (Å²) in [6.07, 6.45) is 8.09. The van der Waals surface area contributed by atoms with Gasteiger partial charge < -0.3 is 32.5 Å². The summed E-state index contributed by atoms with van der Waals surface area (Å²) in [5.41, 5.74) is 30.6. The van der Waals surface area contributed by atoms with Crippen molar-refractivity contribution in [3.05, 3.63) is 169 Å². The van der Waals surface area contributed by atoms with E-state index in [1.165, 1.54) is 0 Å². The molecule has 14 nitrogen and oxygen atoms in total. The first-order valence-corrected chi connectivity index (χ1v) is 21.7. The van der Waals surface area contributed by atoms with Crippen LogP contribution in [-0.4, -0.2) is 49.8 Å². The number of halogens is 3. The van der Waals surface area contributed by atoms with E-state index in [1.807, 2.05) is 82.3 Å². The molecule has 328 valence electrons. The highest BCUT2D eigenvalue weighted by atomic mass is 35.5. The van der Waals surface area contributed by atoms with Crippen LogP contribution in [0.1, 0.15) is 56.4 Å². The highest BCUT2D eigenvalue weighted by Gasteiger charge is 2.13. The van der Waals surface area contributed by atoms with Gasteiger partial charge in [-0.2, -0.15) is 0 Å². The minimum atomic E-state index is 0.412. The van der Waals surface area contributed by atoms with Gasteiger partial charge in [-0.25, -0.2) is 29.9 Å². The second-order valence-electron chi connectivity index (χ2n) is 15.5. The van der Waals surface area contributed by atoms with Crippen LogP contribution in [0, 0.1) is 27.7 Å². The Morgan fingerprint density at radius 1 is 0.569 bits per heavy atom. The number of H-pyrrole nitrogens is 2. The molecule has 17 heteroatoms. The third-order valence-corrected chi connectivity index (χ3v) is 11.5. The Bertz CT molecular complexity index is 3300. The molecule has 8 aromatic heterocycles. The smallest absolute Gasteiger partial charge is 0.156 e. The van der Waals surface area contributed by atoms with E-state index < -0.39 is 0 Å². The number of rotatable bonds is 8. The SMILES string of the molecule is Cc1cc(N)nc(C)c1CN.Cc1cc(N)nc(C)c1CNc1nccc2[nH]c(Cc3ccc4ncc(Cl)cc4c3)nc12.Clc1cnc2ccc(Cc3nc4c(Cl)nccc4[nH]3)cc2c1. The van der Waals surface area contributed by atoms with Gasteiger partial charge in [-0.3, -0.25) is 9.97 Å².